The number of nitrogens with one attached hydrogen (secondary N) is 1. The van der Waals surface area contributed by atoms with Crippen molar-refractivity contribution >= 4 is 0 Å². The molecule has 0 aliphatic carbocycles. The number of hydrogen-bond acceptors (Lipinski definition) is 3. The number of hydroxylamine groups is 1. The van der Waals surface area contributed by atoms with E-state index in [0.29, 0.717) is 0 Å². The molecule has 0 amide bonds. The highest BCUT2D eigenvalue weighted by Gasteiger charge is 2.18. The van der Waals surface area contributed by atoms with Gasteiger partial charge in [-0.2, -0.15) is 0 Å². The van der Waals surface area contributed by atoms with Crippen LogP contribution in [0.3, 0.4) is 0 Å². The standard InChI is InChI=1S/C12H19NO2/c1-4-12(2,3)10-5-6-11(14)9(7-10)8-13-15/h5-7,13-15H,4,8H2,1-3H3. The zero-order valence-corrected chi connectivity index (χ0v) is 9.54. The Morgan fingerprint density at radius 1 is 1.33 bits per heavy atom. The Morgan fingerprint density at radius 2 is 2.00 bits per heavy atom. The lowest BCUT2D eigenvalue weighted by molar-refractivity contribution is 0.160. The van der Waals surface area contributed by atoms with Crippen LogP contribution in [-0.4, -0.2) is 10.3 Å². The largest absolute Gasteiger partial charge is 0.508 e. The Labute approximate surface area is 90.7 Å². The molecule has 0 aromatic heterocycles. The Morgan fingerprint density at radius 3 is 2.53 bits per heavy atom. The summed E-state index contributed by atoms with van der Waals surface area (Å²) in [4.78, 5) is 0. The van der Waals surface area contributed by atoms with Gasteiger partial charge >= 0.3 is 0 Å². The van der Waals surface area contributed by atoms with Crippen LogP contribution < -0.4 is 5.48 Å². The molecule has 1 aromatic rings. The molecule has 3 heteroatoms. The zero-order chi connectivity index (χ0) is 11.5. The van der Waals surface area contributed by atoms with Gasteiger partial charge in [0.25, 0.3) is 0 Å². The van der Waals surface area contributed by atoms with Crippen LogP contribution in [0.4, 0.5) is 0 Å². The first-order valence-corrected chi connectivity index (χ1v) is 5.20. The molecular weight excluding hydrogens is 190 g/mol. The Hall–Kier alpha value is -1.06. The topological polar surface area (TPSA) is 52.5 Å². The number of rotatable bonds is 4. The molecule has 0 spiro atoms. The minimum Gasteiger partial charge on any atom is -0.508 e. The van der Waals surface area contributed by atoms with Crippen molar-refractivity contribution in [2.75, 3.05) is 0 Å². The van der Waals surface area contributed by atoms with E-state index in [2.05, 4.69) is 26.3 Å². The average molecular weight is 209 g/mol. The van der Waals surface area contributed by atoms with Gasteiger partial charge in [0.1, 0.15) is 5.75 Å². The monoisotopic (exact) mass is 209 g/mol. The van der Waals surface area contributed by atoms with Crippen LogP contribution in [0.2, 0.25) is 0 Å². The summed E-state index contributed by atoms with van der Waals surface area (Å²) in [5.41, 5.74) is 4.05. The van der Waals surface area contributed by atoms with E-state index >= 15 is 0 Å². The predicted octanol–water partition coefficient (Wildman–Crippen LogP) is 2.56. The van der Waals surface area contributed by atoms with E-state index in [0.717, 1.165) is 12.0 Å². The van der Waals surface area contributed by atoms with Crippen molar-refractivity contribution in [3.05, 3.63) is 29.3 Å². The van der Waals surface area contributed by atoms with Crippen LogP contribution in [0.5, 0.6) is 5.75 Å². The highest BCUT2D eigenvalue weighted by atomic mass is 16.5. The van der Waals surface area contributed by atoms with Gasteiger partial charge in [0.2, 0.25) is 0 Å². The second-order valence-corrected chi connectivity index (χ2v) is 4.42. The molecule has 0 bridgehead atoms. The highest BCUT2D eigenvalue weighted by Crippen LogP contribution is 2.30. The molecule has 0 aliphatic rings. The molecule has 15 heavy (non-hydrogen) atoms. The summed E-state index contributed by atoms with van der Waals surface area (Å²) in [6.45, 7) is 6.72. The van der Waals surface area contributed by atoms with Crippen molar-refractivity contribution in [3.63, 3.8) is 0 Å². The fraction of sp³-hybridized carbons (Fsp3) is 0.500. The molecular formula is C12H19NO2. The molecule has 84 valence electrons. The van der Waals surface area contributed by atoms with Gasteiger partial charge in [0.05, 0.1) is 0 Å². The Kier molecular flexibility index (Phi) is 3.72. The van der Waals surface area contributed by atoms with Crippen LogP contribution in [0, 0.1) is 0 Å². The molecule has 0 saturated heterocycles. The number of phenols is 1. The first kappa shape index (κ1) is 12.0. The first-order valence-electron chi connectivity index (χ1n) is 5.20. The summed E-state index contributed by atoms with van der Waals surface area (Å²) < 4.78 is 0. The summed E-state index contributed by atoms with van der Waals surface area (Å²) in [6.07, 6.45) is 1.03. The summed E-state index contributed by atoms with van der Waals surface area (Å²) in [5, 5.41) is 18.2. The number of hydrogen-bond donors (Lipinski definition) is 3. The quantitative estimate of drug-likeness (QED) is 0.668. The van der Waals surface area contributed by atoms with Crippen molar-refractivity contribution in [3.8, 4) is 5.75 Å². The van der Waals surface area contributed by atoms with Crippen LogP contribution >= 0.6 is 0 Å². The molecule has 1 aromatic carbocycles. The second kappa shape index (κ2) is 4.64. The van der Waals surface area contributed by atoms with E-state index in [-0.39, 0.29) is 17.7 Å². The van der Waals surface area contributed by atoms with Crippen molar-refractivity contribution in [2.24, 2.45) is 0 Å². The van der Waals surface area contributed by atoms with Crippen LogP contribution in [0.25, 0.3) is 0 Å². The van der Waals surface area contributed by atoms with E-state index in [1.807, 2.05) is 12.1 Å². The van der Waals surface area contributed by atoms with Crippen LogP contribution in [0.15, 0.2) is 18.2 Å². The summed E-state index contributed by atoms with van der Waals surface area (Å²) >= 11 is 0. The van der Waals surface area contributed by atoms with Crippen LogP contribution in [0.1, 0.15) is 38.3 Å². The third kappa shape index (κ3) is 2.70. The molecule has 0 aliphatic heterocycles. The third-order valence-corrected chi connectivity index (χ3v) is 3.01. The van der Waals surface area contributed by atoms with E-state index in [4.69, 9.17) is 5.21 Å². The van der Waals surface area contributed by atoms with Gasteiger partial charge in [-0.25, -0.2) is 5.48 Å². The van der Waals surface area contributed by atoms with Gasteiger partial charge in [-0.3, -0.25) is 0 Å². The van der Waals surface area contributed by atoms with E-state index < -0.39 is 0 Å². The fourth-order valence-corrected chi connectivity index (χ4v) is 1.44. The predicted molar refractivity (Wildman–Crippen MR) is 60.1 cm³/mol. The maximum absolute atomic E-state index is 9.55. The lowest BCUT2D eigenvalue weighted by atomic mass is 9.81. The van der Waals surface area contributed by atoms with Crippen LogP contribution in [-0.2, 0) is 12.0 Å². The molecule has 0 atom stereocenters. The average Bonchev–Trinajstić information content (AvgIpc) is 2.21. The van der Waals surface area contributed by atoms with Gasteiger partial charge in [-0.05, 0) is 23.5 Å². The summed E-state index contributed by atoms with van der Waals surface area (Å²) in [6, 6.07) is 5.54. The molecule has 3 N–H and O–H groups in total. The maximum atomic E-state index is 9.55. The first-order chi connectivity index (χ1) is 7.01. The summed E-state index contributed by atoms with van der Waals surface area (Å²) in [5.74, 6) is 0.215. The highest BCUT2D eigenvalue weighted by molar-refractivity contribution is 5.38. The van der Waals surface area contributed by atoms with Crippen molar-refractivity contribution in [1.82, 2.24) is 5.48 Å². The number of aromatic hydroxyl groups is 1. The second-order valence-electron chi connectivity index (χ2n) is 4.42. The molecule has 3 nitrogen and oxygen atoms in total. The van der Waals surface area contributed by atoms with Gasteiger partial charge in [0, 0.05) is 12.1 Å². The van der Waals surface area contributed by atoms with Gasteiger partial charge in [-0.1, -0.05) is 32.9 Å². The lowest BCUT2D eigenvalue weighted by Gasteiger charge is -2.24. The lowest BCUT2D eigenvalue weighted by Crippen LogP contribution is -2.16. The Bertz CT molecular complexity index is 334. The van der Waals surface area contributed by atoms with Gasteiger partial charge < -0.3 is 10.3 Å². The Balaban J connectivity index is 3.07. The SMILES string of the molecule is CCC(C)(C)c1ccc(O)c(CNO)c1. The summed E-state index contributed by atoms with van der Waals surface area (Å²) in [7, 11) is 0. The molecule has 0 radical (unpaired) electrons. The number of phenolic OH excluding ortho intramolecular Hbond substituents is 1. The molecule has 0 fully saturated rings. The van der Waals surface area contributed by atoms with Crippen molar-refractivity contribution in [2.45, 2.75) is 39.2 Å². The smallest absolute Gasteiger partial charge is 0.120 e. The molecule has 0 saturated carbocycles. The minimum absolute atomic E-state index is 0.0951. The number of benzene rings is 1. The minimum atomic E-state index is 0.0951. The fourth-order valence-electron chi connectivity index (χ4n) is 1.44. The van der Waals surface area contributed by atoms with E-state index in [1.54, 1.807) is 6.07 Å². The molecule has 1 rings (SSSR count). The zero-order valence-electron chi connectivity index (χ0n) is 9.54. The maximum Gasteiger partial charge on any atom is 0.120 e. The van der Waals surface area contributed by atoms with Crippen molar-refractivity contribution in [1.29, 1.82) is 0 Å². The molecule has 0 unspecified atom stereocenters. The van der Waals surface area contributed by atoms with E-state index in [1.165, 1.54) is 5.56 Å². The van der Waals surface area contributed by atoms with E-state index in [9.17, 15) is 5.11 Å². The third-order valence-electron chi connectivity index (χ3n) is 3.01. The molecule has 0 heterocycles. The van der Waals surface area contributed by atoms with Gasteiger partial charge in [-0.15, -0.1) is 0 Å². The normalized spacial score (nSPS) is 11.7. The van der Waals surface area contributed by atoms with Gasteiger partial charge in [0.15, 0.2) is 0 Å². The van der Waals surface area contributed by atoms with Crippen molar-refractivity contribution < 1.29 is 10.3 Å².